The molecule has 9 heteroatoms. The molecule has 2 heterocycles. The average Bonchev–Trinajstić information content (AvgIpc) is 2.80. The van der Waals surface area contributed by atoms with Crippen molar-refractivity contribution in [3.63, 3.8) is 0 Å². The molecule has 0 amide bonds. The minimum Gasteiger partial charge on any atom is -0.487 e. The van der Waals surface area contributed by atoms with Gasteiger partial charge < -0.3 is 14.9 Å². The molecule has 8 nitrogen and oxygen atoms in total. The molecule has 0 fully saturated rings. The Morgan fingerprint density at radius 2 is 2.09 bits per heavy atom. The van der Waals surface area contributed by atoms with Crippen molar-refractivity contribution in [1.82, 2.24) is 14.2 Å². The standard InChI is InChI=1S/C25H33N3O5S/c1-18-14-28(19(2)17-29)34(31,32)25-10-9-21(8-7-20(3)30)12-23(25)33-24(18)16-27(4)15-22-6-5-11-26-13-22/h5-6,9-13,18-20,24,29-30H,14-17H2,1-4H3/t18-,19-,20+,24-/m1/s1. The van der Waals surface area contributed by atoms with Crippen molar-refractivity contribution in [3.05, 3.63) is 53.9 Å². The lowest BCUT2D eigenvalue weighted by Gasteiger charge is -2.37. The van der Waals surface area contributed by atoms with Crippen LogP contribution in [0.3, 0.4) is 0 Å². The van der Waals surface area contributed by atoms with Gasteiger partial charge in [-0.2, -0.15) is 4.31 Å². The maximum absolute atomic E-state index is 13.5. The van der Waals surface area contributed by atoms with Crippen LogP contribution in [0.25, 0.3) is 0 Å². The molecule has 0 saturated heterocycles. The lowest BCUT2D eigenvalue weighted by atomic mass is 10.0. The molecule has 3 rings (SSSR count). The summed E-state index contributed by atoms with van der Waals surface area (Å²) in [6.45, 7) is 6.37. The second-order valence-corrected chi connectivity index (χ2v) is 10.8. The fourth-order valence-corrected chi connectivity index (χ4v) is 5.71. The summed E-state index contributed by atoms with van der Waals surface area (Å²) in [4.78, 5) is 6.32. The van der Waals surface area contributed by atoms with Crippen LogP contribution in [0.2, 0.25) is 0 Å². The summed E-state index contributed by atoms with van der Waals surface area (Å²) in [5.41, 5.74) is 1.62. The Morgan fingerprint density at radius 1 is 1.32 bits per heavy atom. The smallest absolute Gasteiger partial charge is 0.247 e. The summed E-state index contributed by atoms with van der Waals surface area (Å²) in [7, 11) is -1.92. The summed E-state index contributed by atoms with van der Waals surface area (Å²) in [5, 5.41) is 19.3. The predicted octanol–water partition coefficient (Wildman–Crippen LogP) is 1.71. The normalized spacial score (nSPS) is 21.9. The van der Waals surface area contributed by atoms with Gasteiger partial charge in [0.05, 0.1) is 6.61 Å². The number of pyridine rings is 1. The summed E-state index contributed by atoms with van der Waals surface area (Å²) < 4.78 is 34.7. The number of aliphatic hydroxyl groups is 2. The number of rotatable bonds is 6. The Bertz CT molecular complexity index is 1130. The van der Waals surface area contributed by atoms with Crippen molar-refractivity contribution in [2.45, 2.75) is 50.5 Å². The van der Waals surface area contributed by atoms with Crippen LogP contribution in [-0.2, 0) is 16.6 Å². The van der Waals surface area contributed by atoms with Gasteiger partial charge in [-0.1, -0.05) is 24.8 Å². The van der Waals surface area contributed by atoms with Crippen molar-refractivity contribution < 1.29 is 23.4 Å². The van der Waals surface area contributed by atoms with Gasteiger partial charge in [0.15, 0.2) is 0 Å². The van der Waals surface area contributed by atoms with E-state index >= 15 is 0 Å². The molecule has 1 aromatic carbocycles. The second kappa shape index (κ2) is 11.3. The highest BCUT2D eigenvalue weighted by Crippen LogP contribution is 2.34. The molecular formula is C25H33N3O5S. The van der Waals surface area contributed by atoms with Crippen molar-refractivity contribution in [2.75, 3.05) is 26.7 Å². The molecule has 4 atom stereocenters. The monoisotopic (exact) mass is 487 g/mol. The number of likely N-dealkylation sites (N-methyl/N-ethyl adjacent to an activating group) is 1. The summed E-state index contributed by atoms with van der Waals surface area (Å²) in [6.07, 6.45) is 2.43. The van der Waals surface area contributed by atoms with Crippen LogP contribution in [0.1, 0.15) is 31.9 Å². The van der Waals surface area contributed by atoms with E-state index in [-0.39, 0.29) is 35.8 Å². The van der Waals surface area contributed by atoms with Crippen LogP contribution in [0, 0.1) is 17.8 Å². The maximum atomic E-state index is 13.5. The third-order valence-electron chi connectivity index (χ3n) is 5.76. The molecule has 1 aromatic heterocycles. The lowest BCUT2D eigenvalue weighted by molar-refractivity contribution is 0.0733. The first-order valence-corrected chi connectivity index (χ1v) is 12.8. The first-order chi connectivity index (χ1) is 16.1. The van der Waals surface area contributed by atoms with Crippen LogP contribution in [0.15, 0.2) is 47.6 Å². The number of aliphatic hydroxyl groups excluding tert-OH is 2. The first kappa shape index (κ1) is 26.1. The molecule has 0 radical (unpaired) electrons. The van der Waals surface area contributed by atoms with E-state index in [0.717, 1.165) is 5.56 Å². The van der Waals surface area contributed by atoms with Crippen molar-refractivity contribution in [3.8, 4) is 17.6 Å². The lowest BCUT2D eigenvalue weighted by Crippen LogP contribution is -2.49. The second-order valence-electron chi connectivity index (χ2n) is 8.90. The van der Waals surface area contributed by atoms with Crippen LogP contribution < -0.4 is 4.74 Å². The Balaban J connectivity index is 1.99. The van der Waals surface area contributed by atoms with Gasteiger partial charge in [-0.3, -0.25) is 9.88 Å². The highest BCUT2D eigenvalue weighted by Gasteiger charge is 2.38. The minimum absolute atomic E-state index is 0.0437. The zero-order chi connectivity index (χ0) is 24.9. The number of hydrogen-bond acceptors (Lipinski definition) is 7. The molecule has 2 N–H and O–H groups in total. The average molecular weight is 488 g/mol. The van der Waals surface area contributed by atoms with E-state index in [2.05, 4.69) is 21.7 Å². The fraction of sp³-hybridized carbons (Fsp3) is 0.480. The largest absolute Gasteiger partial charge is 0.487 e. The van der Waals surface area contributed by atoms with Crippen molar-refractivity contribution >= 4 is 10.0 Å². The van der Waals surface area contributed by atoms with E-state index in [1.54, 1.807) is 32.2 Å². The molecular weight excluding hydrogens is 454 g/mol. The van der Waals surface area contributed by atoms with Gasteiger partial charge in [-0.05, 0) is 50.7 Å². The third kappa shape index (κ3) is 6.34. The first-order valence-electron chi connectivity index (χ1n) is 11.3. The molecule has 184 valence electrons. The van der Waals surface area contributed by atoms with Crippen LogP contribution >= 0.6 is 0 Å². The quantitative estimate of drug-likeness (QED) is 0.598. The zero-order valence-corrected chi connectivity index (χ0v) is 20.9. The Morgan fingerprint density at radius 3 is 2.74 bits per heavy atom. The van der Waals surface area contributed by atoms with Crippen LogP contribution in [0.5, 0.6) is 5.75 Å². The number of nitrogens with zero attached hydrogens (tertiary/aromatic N) is 3. The predicted molar refractivity (Wildman–Crippen MR) is 130 cm³/mol. The zero-order valence-electron chi connectivity index (χ0n) is 20.0. The number of sulfonamides is 1. The van der Waals surface area contributed by atoms with Gasteiger partial charge in [-0.15, -0.1) is 0 Å². The van der Waals surface area contributed by atoms with E-state index in [9.17, 15) is 18.6 Å². The van der Waals surface area contributed by atoms with E-state index in [4.69, 9.17) is 4.74 Å². The van der Waals surface area contributed by atoms with Gasteiger partial charge in [0.2, 0.25) is 10.0 Å². The number of benzene rings is 1. The molecule has 0 spiro atoms. The van der Waals surface area contributed by atoms with Crippen LogP contribution in [-0.4, -0.2) is 77.8 Å². The van der Waals surface area contributed by atoms with Crippen LogP contribution in [0.4, 0.5) is 0 Å². The van der Waals surface area contributed by atoms with Gasteiger partial charge in [0, 0.05) is 49.6 Å². The fourth-order valence-electron chi connectivity index (χ4n) is 3.88. The highest BCUT2D eigenvalue weighted by atomic mass is 32.2. The molecule has 0 bridgehead atoms. The molecule has 0 saturated carbocycles. The topological polar surface area (TPSA) is 103 Å². The number of fused-ring (bicyclic) bond motifs is 1. The minimum atomic E-state index is -3.91. The summed E-state index contributed by atoms with van der Waals surface area (Å²) in [6, 6.07) is 8.01. The van der Waals surface area contributed by atoms with E-state index in [1.807, 2.05) is 32.3 Å². The van der Waals surface area contributed by atoms with Crippen molar-refractivity contribution in [1.29, 1.82) is 0 Å². The molecule has 0 unspecified atom stereocenters. The number of ether oxygens (including phenoxy) is 1. The third-order valence-corrected chi connectivity index (χ3v) is 7.78. The molecule has 1 aliphatic rings. The van der Waals surface area contributed by atoms with Gasteiger partial charge in [-0.25, -0.2) is 8.42 Å². The van der Waals surface area contributed by atoms with Crippen molar-refractivity contribution in [2.24, 2.45) is 5.92 Å². The molecule has 2 aromatic rings. The van der Waals surface area contributed by atoms with Gasteiger partial charge in [0.1, 0.15) is 22.9 Å². The SMILES string of the molecule is C[C@H](O)C#Cc1ccc2c(c1)O[C@H](CN(C)Cc1cccnc1)[C@H](C)CN([C@H](C)CO)S2(=O)=O. The van der Waals surface area contributed by atoms with E-state index in [0.29, 0.717) is 18.7 Å². The number of aromatic nitrogens is 1. The Kier molecular flexibility index (Phi) is 8.68. The number of hydrogen-bond donors (Lipinski definition) is 2. The highest BCUT2D eigenvalue weighted by molar-refractivity contribution is 7.89. The molecule has 0 aliphatic carbocycles. The summed E-state index contributed by atoms with van der Waals surface area (Å²) in [5.74, 6) is 5.60. The molecule has 1 aliphatic heterocycles. The van der Waals surface area contributed by atoms with Gasteiger partial charge >= 0.3 is 0 Å². The Labute approximate surface area is 202 Å². The van der Waals surface area contributed by atoms with E-state index in [1.165, 1.54) is 10.4 Å². The summed E-state index contributed by atoms with van der Waals surface area (Å²) >= 11 is 0. The Hall–Kier alpha value is -2.48. The molecule has 34 heavy (non-hydrogen) atoms. The van der Waals surface area contributed by atoms with E-state index < -0.39 is 22.2 Å². The maximum Gasteiger partial charge on any atom is 0.247 e. The van der Waals surface area contributed by atoms with Gasteiger partial charge in [0.25, 0.3) is 0 Å².